The highest BCUT2D eigenvalue weighted by atomic mass is 79.9. The normalized spacial score (nSPS) is 12.3. The number of carbonyl (C=O) groups is 2. The van der Waals surface area contributed by atoms with Gasteiger partial charge in [0, 0.05) is 20.9 Å². The van der Waals surface area contributed by atoms with Crippen LogP contribution in [0.2, 0.25) is 0 Å². The lowest BCUT2D eigenvalue weighted by atomic mass is 10.3. The molecule has 0 aromatic heterocycles. The van der Waals surface area contributed by atoms with Crippen molar-refractivity contribution in [3.05, 3.63) is 66.5 Å². The molecule has 224 valence electrons. The Morgan fingerprint density at radius 2 is 1.00 bits per heavy atom. The van der Waals surface area contributed by atoms with Gasteiger partial charge in [0.1, 0.15) is 13.2 Å². The summed E-state index contributed by atoms with van der Waals surface area (Å²) in [6.07, 6.45) is -1.16. The van der Waals surface area contributed by atoms with Crippen molar-refractivity contribution in [2.24, 2.45) is 0 Å². The second kappa shape index (κ2) is 17.7. The van der Waals surface area contributed by atoms with Gasteiger partial charge in [-0.25, -0.2) is 9.59 Å². The van der Waals surface area contributed by atoms with E-state index < -0.39 is 24.5 Å². The van der Waals surface area contributed by atoms with Crippen molar-refractivity contribution >= 4 is 87.4 Å². The summed E-state index contributed by atoms with van der Waals surface area (Å²) in [7, 11) is 0. The Labute approximate surface area is 278 Å². The smallest absolute Gasteiger partial charge is 0.333 e. The summed E-state index contributed by atoms with van der Waals surface area (Å²) in [5.41, 5.74) is 0.668. The minimum absolute atomic E-state index is 0.102. The van der Waals surface area contributed by atoms with Crippen LogP contribution in [0, 0.1) is 0 Å². The summed E-state index contributed by atoms with van der Waals surface area (Å²) in [5.74, 6) is 0.244. The van der Waals surface area contributed by atoms with Gasteiger partial charge in [-0.05, 0) is 116 Å². The molecule has 0 radical (unpaired) electrons. The van der Waals surface area contributed by atoms with Gasteiger partial charge in [0.25, 0.3) is 0 Å². The first kappa shape index (κ1) is 35.8. The molecule has 0 heterocycles. The third kappa shape index (κ3) is 12.4. The molecule has 0 N–H and O–H groups in total. The zero-order valence-electron chi connectivity index (χ0n) is 22.9. The standard InChI is InChI=1S/C28H30Br4O8S/c1-15(2)27(33)37-9-7-35-17(5)39-25-21(29)11-19(12-22(25)30)41-20-13-23(31)26(24(32)14-20)40-18(6)36-8-10-38-28(34)16(3)4/h11-14,17-18H,1,3,7-10H2,2,4-6H3. The van der Waals surface area contributed by atoms with Crippen LogP contribution in [0.15, 0.2) is 76.3 Å². The fraction of sp³-hybridized carbons (Fsp3) is 0.357. The lowest BCUT2D eigenvalue weighted by Crippen LogP contribution is -2.20. The van der Waals surface area contributed by atoms with Gasteiger partial charge < -0.3 is 28.4 Å². The number of hydrogen-bond acceptors (Lipinski definition) is 9. The molecular formula is C28H30Br4O8S. The van der Waals surface area contributed by atoms with Crippen molar-refractivity contribution < 1.29 is 38.0 Å². The molecule has 0 bridgehead atoms. The Hall–Kier alpha value is -1.35. The van der Waals surface area contributed by atoms with Gasteiger partial charge >= 0.3 is 11.9 Å². The number of rotatable bonds is 16. The predicted octanol–water partition coefficient (Wildman–Crippen LogP) is 8.61. The van der Waals surface area contributed by atoms with Gasteiger partial charge in [0.05, 0.1) is 31.1 Å². The minimum atomic E-state index is -0.582. The number of benzene rings is 2. The Kier molecular flexibility index (Phi) is 15.5. The van der Waals surface area contributed by atoms with E-state index in [-0.39, 0.29) is 26.4 Å². The summed E-state index contributed by atoms with van der Waals surface area (Å²) >= 11 is 15.8. The molecule has 0 fully saturated rings. The van der Waals surface area contributed by atoms with Crippen LogP contribution in [0.4, 0.5) is 0 Å². The molecule has 0 aliphatic rings. The molecule has 2 aromatic carbocycles. The van der Waals surface area contributed by atoms with Crippen LogP contribution in [0.5, 0.6) is 11.5 Å². The van der Waals surface area contributed by atoms with E-state index in [9.17, 15) is 9.59 Å². The third-order valence-corrected chi connectivity index (χ3v) is 8.08. The predicted molar refractivity (Wildman–Crippen MR) is 171 cm³/mol. The first-order valence-electron chi connectivity index (χ1n) is 12.2. The van der Waals surface area contributed by atoms with E-state index in [4.69, 9.17) is 28.4 Å². The Morgan fingerprint density at radius 3 is 1.29 bits per heavy atom. The fourth-order valence-corrected chi connectivity index (χ4v) is 7.23. The quantitative estimate of drug-likeness (QED) is 0.0714. The van der Waals surface area contributed by atoms with Gasteiger partial charge in [-0.2, -0.15) is 0 Å². The number of halogens is 4. The van der Waals surface area contributed by atoms with E-state index in [0.29, 0.717) is 22.6 Å². The maximum atomic E-state index is 11.5. The SMILES string of the molecule is C=C(C)C(=O)OCCOC(C)Oc1c(Br)cc(Sc2cc(Br)c(OC(C)OCCOC(=O)C(=C)C)c(Br)c2)cc1Br. The maximum Gasteiger partial charge on any atom is 0.333 e. The average Bonchev–Trinajstić information content (AvgIpc) is 2.88. The molecule has 2 atom stereocenters. The molecule has 41 heavy (non-hydrogen) atoms. The molecular weight excluding hydrogens is 816 g/mol. The van der Waals surface area contributed by atoms with Crippen molar-refractivity contribution in [2.45, 2.75) is 50.1 Å². The number of hydrogen-bond donors (Lipinski definition) is 0. The molecule has 2 rings (SSSR count). The molecule has 0 spiro atoms. The van der Waals surface area contributed by atoms with Crippen LogP contribution >= 0.6 is 75.5 Å². The average molecular weight is 846 g/mol. The van der Waals surface area contributed by atoms with Crippen molar-refractivity contribution in [1.82, 2.24) is 0 Å². The van der Waals surface area contributed by atoms with Crippen molar-refractivity contribution in [2.75, 3.05) is 26.4 Å². The van der Waals surface area contributed by atoms with Gasteiger partial charge in [0.15, 0.2) is 24.1 Å². The molecule has 0 amide bonds. The number of ether oxygens (including phenoxy) is 6. The highest BCUT2D eigenvalue weighted by Crippen LogP contribution is 2.43. The van der Waals surface area contributed by atoms with Crippen LogP contribution < -0.4 is 9.47 Å². The number of esters is 2. The Balaban J connectivity index is 1.95. The maximum absolute atomic E-state index is 11.5. The zero-order valence-corrected chi connectivity index (χ0v) is 30.1. The van der Waals surface area contributed by atoms with E-state index in [2.05, 4.69) is 76.9 Å². The second-order valence-electron chi connectivity index (χ2n) is 8.48. The summed E-state index contributed by atoms with van der Waals surface area (Å²) < 4.78 is 36.0. The van der Waals surface area contributed by atoms with E-state index in [1.165, 1.54) is 11.8 Å². The molecule has 8 nitrogen and oxygen atoms in total. The Morgan fingerprint density at radius 1 is 0.683 bits per heavy atom. The van der Waals surface area contributed by atoms with Gasteiger partial charge in [-0.3, -0.25) is 0 Å². The highest BCUT2D eigenvalue weighted by molar-refractivity contribution is 9.11. The van der Waals surface area contributed by atoms with Crippen LogP contribution in [0.1, 0.15) is 27.7 Å². The van der Waals surface area contributed by atoms with Gasteiger partial charge in [-0.15, -0.1) is 0 Å². The minimum Gasteiger partial charge on any atom is -0.463 e. The molecule has 0 aliphatic carbocycles. The Bertz CT molecular complexity index is 1130. The first-order chi connectivity index (χ1) is 19.3. The number of carbonyl (C=O) groups excluding carboxylic acids is 2. The molecule has 0 aliphatic heterocycles. The van der Waals surface area contributed by atoms with Crippen LogP contribution in [0.3, 0.4) is 0 Å². The molecule has 0 saturated heterocycles. The summed E-state index contributed by atoms with van der Waals surface area (Å²) in [5, 5.41) is 0. The highest BCUT2D eigenvalue weighted by Gasteiger charge is 2.17. The van der Waals surface area contributed by atoms with Gasteiger partial charge in [0.2, 0.25) is 0 Å². The van der Waals surface area contributed by atoms with Crippen molar-refractivity contribution in [1.29, 1.82) is 0 Å². The molecule has 2 unspecified atom stereocenters. The van der Waals surface area contributed by atoms with E-state index >= 15 is 0 Å². The van der Waals surface area contributed by atoms with Crippen LogP contribution in [0.25, 0.3) is 0 Å². The molecule has 2 aromatic rings. The summed E-state index contributed by atoms with van der Waals surface area (Å²) in [6.45, 7) is 14.3. The van der Waals surface area contributed by atoms with Crippen LogP contribution in [-0.4, -0.2) is 50.9 Å². The summed E-state index contributed by atoms with van der Waals surface area (Å²) in [6, 6.07) is 7.76. The fourth-order valence-electron chi connectivity index (χ4n) is 2.90. The second-order valence-corrected chi connectivity index (χ2v) is 13.0. The monoisotopic (exact) mass is 842 g/mol. The molecule has 13 heteroatoms. The van der Waals surface area contributed by atoms with Crippen molar-refractivity contribution in [3.8, 4) is 11.5 Å². The van der Waals surface area contributed by atoms with Crippen molar-refractivity contribution in [3.63, 3.8) is 0 Å². The van der Waals surface area contributed by atoms with Gasteiger partial charge in [-0.1, -0.05) is 24.9 Å². The topological polar surface area (TPSA) is 89.5 Å². The lowest BCUT2D eigenvalue weighted by molar-refractivity contribution is -0.144. The van der Waals surface area contributed by atoms with E-state index in [1.807, 2.05) is 24.3 Å². The lowest BCUT2D eigenvalue weighted by Gasteiger charge is -2.19. The van der Waals surface area contributed by atoms with E-state index in [1.54, 1.807) is 27.7 Å². The largest absolute Gasteiger partial charge is 0.463 e. The summed E-state index contributed by atoms with van der Waals surface area (Å²) in [4.78, 5) is 24.8. The van der Waals surface area contributed by atoms with Crippen LogP contribution in [-0.2, 0) is 28.5 Å². The zero-order chi connectivity index (χ0) is 30.7. The first-order valence-corrected chi connectivity index (χ1v) is 16.1. The van der Waals surface area contributed by atoms with E-state index in [0.717, 1.165) is 27.7 Å². The third-order valence-electron chi connectivity index (χ3n) is 4.78. The molecule has 0 saturated carbocycles.